The quantitative estimate of drug-likeness (QED) is 0.660. The Bertz CT molecular complexity index is 1060. The third kappa shape index (κ3) is 3.48. The van der Waals surface area contributed by atoms with Crippen LogP contribution >= 0.6 is 23.2 Å². The normalized spacial score (nSPS) is 10.8. The fraction of sp³-hybridized carbons (Fsp3) is 0.150. The summed E-state index contributed by atoms with van der Waals surface area (Å²) in [4.78, 5) is 29.4. The standard InChI is InChI=1S/C20H17Cl2N3O2/c1-3-11-10(2)24-18-12(16(11)19(23)26)6-4-9-15(18)25-20(27)17-13(21)7-5-8-14(17)22/h4-9H,3H2,1-2H3,(H2,23,26)(H,25,27). The van der Waals surface area contributed by atoms with Gasteiger partial charge in [-0.05, 0) is 37.1 Å². The molecule has 0 saturated heterocycles. The summed E-state index contributed by atoms with van der Waals surface area (Å²) in [5, 5.41) is 3.87. The maximum Gasteiger partial charge on any atom is 0.258 e. The minimum atomic E-state index is -0.528. The van der Waals surface area contributed by atoms with Gasteiger partial charge in [-0.25, -0.2) is 0 Å². The van der Waals surface area contributed by atoms with E-state index in [2.05, 4.69) is 10.3 Å². The first-order valence-corrected chi connectivity index (χ1v) is 9.08. The molecule has 27 heavy (non-hydrogen) atoms. The molecule has 138 valence electrons. The Kier molecular flexibility index (Phi) is 5.35. The molecule has 7 heteroatoms. The number of halogens is 2. The van der Waals surface area contributed by atoms with E-state index in [4.69, 9.17) is 28.9 Å². The smallest absolute Gasteiger partial charge is 0.258 e. The number of nitrogens with two attached hydrogens (primary N) is 1. The number of hydrogen-bond acceptors (Lipinski definition) is 3. The zero-order chi connectivity index (χ0) is 19.7. The van der Waals surface area contributed by atoms with Crippen LogP contribution in [-0.2, 0) is 6.42 Å². The largest absolute Gasteiger partial charge is 0.366 e. The van der Waals surface area contributed by atoms with Crippen LogP contribution in [0.5, 0.6) is 0 Å². The van der Waals surface area contributed by atoms with E-state index in [1.54, 1.807) is 36.4 Å². The van der Waals surface area contributed by atoms with Crippen LogP contribution in [0.3, 0.4) is 0 Å². The topological polar surface area (TPSA) is 85.1 Å². The first-order chi connectivity index (χ1) is 12.8. The second-order valence-electron chi connectivity index (χ2n) is 6.02. The highest BCUT2D eigenvalue weighted by molar-refractivity contribution is 6.40. The van der Waals surface area contributed by atoms with Gasteiger partial charge in [0.25, 0.3) is 5.91 Å². The molecule has 2 amide bonds. The van der Waals surface area contributed by atoms with Crippen LogP contribution in [0.2, 0.25) is 10.0 Å². The molecule has 0 aliphatic heterocycles. The number of carbonyl (C=O) groups excluding carboxylic acids is 2. The van der Waals surface area contributed by atoms with Gasteiger partial charge in [0, 0.05) is 11.1 Å². The zero-order valence-electron chi connectivity index (χ0n) is 14.8. The molecule has 5 nitrogen and oxygen atoms in total. The van der Waals surface area contributed by atoms with E-state index < -0.39 is 11.8 Å². The molecule has 0 aliphatic carbocycles. The molecule has 3 N–H and O–H groups in total. The summed E-state index contributed by atoms with van der Waals surface area (Å²) < 4.78 is 0. The third-order valence-electron chi connectivity index (χ3n) is 4.36. The number of aryl methyl sites for hydroxylation is 1. The van der Waals surface area contributed by atoms with E-state index in [9.17, 15) is 9.59 Å². The minimum Gasteiger partial charge on any atom is -0.366 e. The van der Waals surface area contributed by atoms with Gasteiger partial charge in [0.1, 0.15) is 0 Å². The van der Waals surface area contributed by atoms with Crippen LogP contribution in [0.4, 0.5) is 5.69 Å². The fourth-order valence-corrected chi connectivity index (χ4v) is 3.73. The van der Waals surface area contributed by atoms with Crippen molar-refractivity contribution in [1.82, 2.24) is 4.98 Å². The maximum atomic E-state index is 12.7. The number of nitrogens with zero attached hydrogens (tertiary/aromatic N) is 1. The summed E-state index contributed by atoms with van der Waals surface area (Å²) in [5.41, 5.74) is 8.64. The average molecular weight is 402 g/mol. The molecule has 0 atom stereocenters. The molecule has 0 spiro atoms. The average Bonchev–Trinajstić information content (AvgIpc) is 2.60. The number of aromatic nitrogens is 1. The summed E-state index contributed by atoms with van der Waals surface area (Å²) in [6.07, 6.45) is 0.624. The molecule has 0 radical (unpaired) electrons. The maximum absolute atomic E-state index is 12.7. The molecule has 0 saturated carbocycles. The van der Waals surface area contributed by atoms with E-state index in [0.29, 0.717) is 34.3 Å². The lowest BCUT2D eigenvalue weighted by Gasteiger charge is -2.15. The van der Waals surface area contributed by atoms with Crippen LogP contribution in [0, 0.1) is 6.92 Å². The lowest BCUT2D eigenvalue weighted by Crippen LogP contribution is -2.17. The summed E-state index contributed by atoms with van der Waals surface area (Å²) in [5.74, 6) is -0.988. The zero-order valence-corrected chi connectivity index (χ0v) is 16.3. The van der Waals surface area contributed by atoms with Gasteiger partial charge in [0.05, 0.1) is 32.4 Å². The van der Waals surface area contributed by atoms with Crippen LogP contribution in [0.25, 0.3) is 10.9 Å². The number of anilines is 1. The molecular weight excluding hydrogens is 385 g/mol. The second-order valence-corrected chi connectivity index (χ2v) is 6.84. The SMILES string of the molecule is CCc1c(C)nc2c(NC(=O)c3c(Cl)cccc3Cl)cccc2c1C(N)=O. The van der Waals surface area contributed by atoms with E-state index in [1.807, 2.05) is 13.8 Å². The van der Waals surface area contributed by atoms with Gasteiger partial charge < -0.3 is 11.1 Å². The molecule has 1 aromatic heterocycles. The highest BCUT2D eigenvalue weighted by Crippen LogP contribution is 2.30. The fourth-order valence-electron chi connectivity index (χ4n) is 3.16. The molecule has 1 heterocycles. The van der Waals surface area contributed by atoms with Crippen molar-refractivity contribution in [3.63, 3.8) is 0 Å². The van der Waals surface area contributed by atoms with Crippen molar-refractivity contribution in [1.29, 1.82) is 0 Å². The van der Waals surface area contributed by atoms with E-state index in [1.165, 1.54) is 0 Å². The second kappa shape index (κ2) is 7.55. The Balaban J connectivity index is 2.16. The summed E-state index contributed by atoms with van der Waals surface area (Å²) in [7, 11) is 0. The number of fused-ring (bicyclic) bond motifs is 1. The Morgan fingerprint density at radius 1 is 1.07 bits per heavy atom. The highest BCUT2D eigenvalue weighted by atomic mass is 35.5. The van der Waals surface area contributed by atoms with E-state index >= 15 is 0 Å². The molecule has 0 unspecified atom stereocenters. The lowest BCUT2D eigenvalue weighted by atomic mass is 9.97. The van der Waals surface area contributed by atoms with Crippen molar-refractivity contribution in [3.8, 4) is 0 Å². The predicted octanol–water partition coefficient (Wildman–Crippen LogP) is 4.76. The summed E-state index contributed by atoms with van der Waals surface area (Å²) >= 11 is 12.2. The molecule has 0 aliphatic rings. The molecule has 3 rings (SSSR count). The monoisotopic (exact) mass is 401 g/mol. The van der Waals surface area contributed by atoms with Gasteiger partial charge in [-0.2, -0.15) is 0 Å². The molecule has 0 bridgehead atoms. The number of rotatable bonds is 4. The lowest BCUT2D eigenvalue weighted by molar-refractivity contribution is 0.0998. The Labute approximate surface area is 166 Å². The molecule has 2 aromatic carbocycles. The van der Waals surface area contributed by atoms with E-state index in [-0.39, 0.29) is 15.6 Å². The van der Waals surface area contributed by atoms with Crippen molar-refractivity contribution in [2.75, 3.05) is 5.32 Å². The van der Waals surface area contributed by atoms with E-state index in [0.717, 1.165) is 5.56 Å². The number of para-hydroxylation sites is 1. The van der Waals surface area contributed by atoms with Gasteiger partial charge >= 0.3 is 0 Å². The van der Waals surface area contributed by atoms with Gasteiger partial charge in [0.2, 0.25) is 5.91 Å². The highest BCUT2D eigenvalue weighted by Gasteiger charge is 2.20. The van der Waals surface area contributed by atoms with Crippen molar-refractivity contribution < 1.29 is 9.59 Å². The van der Waals surface area contributed by atoms with Gasteiger partial charge in [0.15, 0.2) is 0 Å². The van der Waals surface area contributed by atoms with Gasteiger partial charge in [-0.1, -0.05) is 48.3 Å². The van der Waals surface area contributed by atoms with Crippen LogP contribution in [0.15, 0.2) is 36.4 Å². The number of carbonyl (C=O) groups is 2. The number of hydrogen-bond donors (Lipinski definition) is 2. The number of benzene rings is 2. The van der Waals surface area contributed by atoms with Crippen LogP contribution < -0.4 is 11.1 Å². The van der Waals surface area contributed by atoms with Gasteiger partial charge in [-0.15, -0.1) is 0 Å². The van der Waals surface area contributed by atoms with Crippen LogP contribution in [0.1, 0.15) is 38.9 Å². The van der Waals surface area contributed by atoms with Crippen molar-refractivity contribution in [3.05, 3.63) is 68.8 Å². The Hall–Kier alpha value is -2.63. The number of pyridine rings is 1. The summed E-state index contributed by atoms with van der Waals surface area (Å²) in [6.45, 7) is 3.75. The first-order valence-electron chi connectivity index (χ1n) is 8.32. The van der Waals surface area contributed by atoms with Crippen molar-refractivity contribution >= 4 is 51.6 Å². The minimum absolute atomic E-state index is 0.176. The number of amides is 2. The number of nitrogens with one attached hydrogen (secondary N) is 1. The molecular formula is C20H17Cl2N3O2. The van der Waals surface area contributed by atoms with Crippen molar-refractivity contribution in [2.24, 2.45) is 5.73 Å². The predicted molar refractivity (Wildman–Crippen MR) is 109 cm³/mol. The van der Waals surface area contributed by atoms with Gasteiger partial charge in [-0.3, -0.25) is 14.6 Å². The number of primary amides is 1. The van der Waals surface area contributed by atoms with Crippen molar-refractivity contribution in [2.45, 2.75) is 20.3 Å². The summed E-state index contributed by atoms with van der Waals surface area (Å²) in [6, 6.07) is 10.0. The third-order valence-corrected chi connectivity index (χ3v) is 4.99. The Morgan fingerprint density at radius 3 is 2.30 bits per heavy atom. The first kappa shape index (κ1) is 19.1. The molecule has 0 fully saturated rings. The molecule has 3 aromatic rings. The Morgan fingerprint density at radius 2 is 1.70 bits per heavy atom. The van der Waals surface area contributed by atoms with Crippen LogP contribution in [-0.4, -0.2) is 16.8 Å².